The van der Waals surface area contributed by atoms with Gasteiger partial charge in [-0.3, -0.25) is 5.32 Å². The topological polar surface area (TPSA) is 84.9 Å². The van der Waals surface area contributed by atoms with Crippen molar-refractivity contribution in [3.63, 3.8) is 0 Å². The third-order valence-corrected chi connectivity index (χ3v) is 2.50. The van der Waals surface area contributed by atoms with Crippen molar-refractivity contribution in [1.82, 2.24) is 0 Å². The van der Waals surface area contributed by atoms with Gasteiger partial charge in [-0.05, 0) is 18.6 Å². The zero-order valence-corrected chi connectivity index (χ0v) is 11.6. The van der Waals surface area contributed by atoms with E-state index >= 15 is 0 Å². The number of carbonyl (C=O) groups is 2. The normalized spacial score (nSPS) is 9.70. The minimum Gasteiger partial charge on any atom is -0.482 e. The third kappa shape index (κ3) is 4.81. The lowest BCUT2D eigenvalue weighted by Crippen LogP contribution is -2.14. The van der Waals surface area contributed by atoms with Gasteiger partial charge in [0.1, 0.15) is 12.4 Å². The number of amides is 1. The highest BCUT2D eigenvalue weighted by molar-refractivity contribution is 6.33. The average molecular weight is 300 g/mol. The zero-order chi connectivity index (χ0) is 15.1. The summed E-state index contributed by atoms with van der Waals surface area (Å²) in [5.74, 6) is -0.782. The van der Waals surface area contributed by atoms with Gasteiger partial charge < -0.3 is 14.6 Å². The van der Waals surface area contributed by atoms with Crippen LogP contribution in [0.4, 0.5) is 10.5 Å². The Labute approximate surface area is 120 Å². The van der Waals surface area contributed by atoms with Gasteiger partial charge in [0.15, 0.2) is 6.61 Å². The number of carboxylic acids is 1. The monoisotopic (exact) mass is 299 g/mol. The number of hydrogen-bond acceptors (Lipinski definition) is 4. The first-order chi connectivity index (χ1) is 9.43. The van der Waals surface area contributed by atoms with Crippen molar-refractivity contribution in [2.45, 2.75) is 6.92 Å². The molecular weight excluding hydrogens is 286 g/mol. The van der Waals surface area contributed by atoms with Gasteiger partial charge in [0.05, 0.1) is 10.7 Å². The molecule has 20 heavy (non-hydrogen) atoms. The van der Waals surface area contributed by atoms with Crippen LogP contribution in [0.5, 0.6) is 5.75 Å². The van der Waals surface area contributed by atoms with E-state index in [4.69, 9.17) is 26.2 Å². The van der Waals surface area contributed by atoms with Crippen molar-refractivity contribution in [3.8, 4) is 5.75 Å². The number of hydrogen-bond donors (Lipinski definition) is 2. The zero-order valence-electron chi connectivity index (χ0n) is 10.8. The highest BCUT2D eigenvalue weighted by Gasteiger charge is 2.11. The average Bonchev–Trinajstić information content (AvgIpc) is 2.38. The number of carboxylic acid groups (broad SMARTS) is 1. The van der Waals surface area contributed by atoms with Gasteiger partial charge in [-0.15, -0.1) is 0 Å². The fourth-order valence-corrected chi connectivity index (χ4v) is 1.59. The summed E-state index contributed by atoms with van der Waals surface area (Å²) in [7, 11) is 0. The predicted molar refractivity (Wildman–Crippen MR) is 74.5 cm³/mol. The van der Waals surface area contributed by atoms with Gasteiger partial charge in [-0.1, -0.05) is 24.3 Å². The van der Waals surface area contributed by atoms with E-state index < -0.39 is 18.7 Å². The van der Waals surface area contributed by atoms with Crippen LogP contribution in [-0.2, 0) is 9.53 Å². The molecule has 2 N–H and O–H groups in total. The largest absolute Gasteiger partial charge is 0.482 e. The Morgan fingerprint density at radius 1 is 1.50 bits per heavy atom. The van der Waals surface area contributed by atoms with Crippen molar-refractivity contribution in [2.75, 3.05) is 18.5 Å². The van der Waals surface area contributed by atoms with Crippen molar-refractivity contribution < 1.29 is 24.2 Å². The molecule has 0 spiro atoms. The Balaban J connectivity index is 2.84. The van der Waals surface area contributed by atoms with E-state index in [-0.39, 0.29) is 12.3 Å². The molecule has 0 aliphatic carbocycles. The second-order valence-electron chi connectivity index (χ2n) is 3.79. The molecule has 6 nitrogen and oxygen atoms in total. The molecule has 0 atom stereocenters. The lowest BCUT2D eigenvalue weighted by molar-refractivity contribution is -0.139. The number of benzene rings is 1. The first-order valence-electron chi connectivity index (χ1n) is 5.63. The molecule has 0 heterocycles. The van der Waals surface area contributed by atoms with E-state index in [9.17, 15) is 9.59 Å². The molecule has 0 radical (unpaired) electrons. The Bertz CT molecular complexity index is 530. The molecule has 0 bridgehead atoms. The Kier molecular flexibility index (Phi) is 5.86. The summed E-state index contributed by atoms with van der Waals surface area (Å²) in [5, 5.41) is 11.3. The Morgan fingerprint density at radius 3 is 2.80 bits per heavy atom. The highest BCUT2D eigenvalue weighted by Crippen LogP contribution is 2.30. The van der Waals surface area contributed by atoms with Gasteiger partial charge in [0, 0.05) is 6.07 Å². The number of aliphatic carboxylic acids is 1. The lowest BCUT2D eigenvalue weighted by atomic mass is 10.2. The lowest BCUT2D eigenvalue weighted by Gasteiger charge is -2.12. The van der Waals surface area contributed by atoms with Crippen molar-refractivity contribution in [1.29, 1.82) is 0 Å². The van der Waals surface area contributed by atoms with E-state index in [2.05, 4.69) is 11.9 Å². The summed E-state index contributed by atoms with van der Waals surface area (Å²) >= 11 is 5.98. The van der Waals surface area contributed by atoms with Gasteiger partial charge in [-0.25, -0.2) is 9.59 Å². The maximum atomic E-state index is 11.4. The van der Waals surface area contributed by atoms with Crippen molar-refractivity contribution in [3.05, 3.63) is 35.4 Å². The molecule has 1 aromatic carbocycles. The van der Waals surface area contributed by atoms with Crippen LogP contribution in [0.25, 0.3) is 0 Å². The molecule has 0 fully saturated rings. The summed E-state index contributed by atoms with van der Waals surface area (Å²) in [6.07, 6.45) is 0.734. The smallest absolute Gasteiger partial charge is 0.411 e. The van der Waals surface area contributed by atoms with Crippen LogP contribution in [0.1, 0.15) is 5.56 Å². The Hall–Kier alpha value is -2.21. The van der Waals surface area contributed by atoms with E-state index in [0.717, 1.165) is 0 Å². The minimum atomic E-state index is -1.10. The minimum absolute atomic E-state index is 0.0671. The van der Waals surface area contributed by atoms with E-state index in [1.165, 1.54) is 12.1 Å². The number of nitrogens with one attached hydrogen (secondary N) is 1. The molecule has 0 aliphatic rings. The molecule has 108 valence electrons. The number of anilines is 1. The number of halogens is 1. The van der Waals surface area contributed by atoms with Gasteiger partial charge in [0.2, 0.25) is 0 Å². The second-order valence-corrected chi connectivity index (χ2v) is 4.20. The summed E-state index contributed by atoms with van der Waals surface area (Å²) in [5.41, 5.74) is 0.924. The van der Waals surface area contributed by atoms with E-state index in [1.54, 1.807) is 13.0 Å². The van der Waals surface area contributed by atoms with Crippen LogP contribution in [0, 0.1) is 6.92 Å². The van der Waals surface area contributed by atoms with Gasteiger partial charge in [-0.2, -0.15) is 0 Å². The molecule has 1 rings (SSSR count). The standard InChI is InChI=1S/C13H14ClNO5/c1-3-4-19-13(18)15-10-6-11(20-7-12(16)17)8(2)5-9(10)14/h3,5-6H,1,4,7H2,2H3,(H,15,18)(H,16,17). The second kappa shape index (κ2) is 7.40. The Morgan fingerprint density at radius 2 is 2.20 bits per heavy atom. The number of carbonyl (C=O) groups excluding carboxylic acids is 1. The van der Waals surface area contributed by atoms with Crippen LogP contribution in [0.3, 0.4) is 0 Å². The van der Waals surface area contributed by atoms with Crippen molar-refractivity contribution >= 4 is 29.4 Å². The molecule has 1 aromatic rings. The first-order valence-corrected chi connectivity index (χ1v) is 6.01. The quantitative estimate of drug-likeness (QED) is 0.789. The molecule has 0 aromatic heterocycles. The molecular formula is C13H14ClNO5. The maximum absolute atomic E-state index is 11.4. The summed E-state index contributed by atoms with van der Waals surface area (Å²) in [4.78, 5) is 21.9. The van der Waals surface area contributed by atoms with Crippen molar-refractivity contribution in [2.24, 2.45) is 0 Å². The third-order valence-electron chi connectivity index (χ3n) is 2.18. The summed E-state index contributed by atoms with van der Waals surface area (Å²) in [6, 6.07) is 3.00. The SMILES string of the molecule is C=CCOC(=O)Nc1cc(OCC(=O)O)c(C)cc1Cl. The van der Waals surface area contributed by atoms with Gasteiger partial charge >= 0.3 is 12.1 Å². The van der Waals surface area contributed by atoms with E-state index in [1.807, 2.05) is 0 Å². The van der Waals surface area contributed by atoms with Crippen LogP contribution >= 0.6 is 11.6 Å². The number of ether oxygens (including phenoxy) is 2. The van der Waals surface area contributed by atoms with Crippen LogP contribution in [0.15, 0.2) is 24.8 Å². The highest BCUT2D eigenvalue weighted by atomic mass is 35.5. The molecule has 1 amide bonds. The molecule has 0 saturated heterocycles. The number of aryl methyl sites for hydroxylation is 1. The maximum Gasteiger partial charge on any atom is 0.411 e. The number of rotatable bonds is 6. The summed E-state index contributed by atoms with van der Waals surface area (Å²) in [6.45, 7) is 4.71. The first kappa shape index (κ1) is 15.8. The van der Waals surface area contributed by atoms with Crippen LogP contribution in [-0.4, -0.2) is 30.4 Å². The van der Waals surface area contributed by atoms with Crippen LogP contribution < -0.4 is 10.1 Å². The predicted octanol–water partition coefficient (Wildman–Crippen LogP) is 2.85. The fourth-order valence-electron chi connectivity index (χ4n) is 1.32. The molecule has 0 saturated carbocycles. The summed E-state index contributed by atoms with van der Waals surface area (Å²) < 4.78 is 9.85. The van der Waals surface area contributed by atoms with E-state index in [0.29, 0.717) is 16.3 Å². The van der Waals surface area contributed by atoms with Crippen LogP contribution in [0.2, 0.25) is 5.02 Å². The fraction of sp³-hybridized carbons (Fsp3) is 0.231. The molecule has 7 heteroatoms. The molecule has 0 aliphatic heterocycles. The van der Waals surface area contributed by atoms with Gasteiger partial charge in [0.25, 0.3) is 0 Å². The molecule has 0 unspecified atom stereocenters.